The molecule has 0 saturated heterocycles. The second kappa shape index (κ2) is 5.66. The van der Waals surface area contributed by atoms with E-state index in [9.17, 15) is 0 Å². The summed E-state index contributed by atoms with van der Waals surface area (Å²) in [5.41, 5.74) is 4.83. The Morgan fingerprint density at radius 1 is 1.44 bits per heavy atom. The van der Waals surface area contributed by atoms with Crippen LogP contribution in [0.15, 0.2) is 36.8 Å². The third-order valence-corrected chi connectivity index (χ3v) is 2.90. The lowest BCUT2D eigenvalue weighted by Gasteiger charge is -2.15. The molecule has 0 fully saturated rings. The van der Waals surface area contributed by atoms with Gasteiger partial charge in [0.25, 0.3) is 0 Å². The number of aryl methyl sites for hydroxylation is 1. The van der Waals surface area contributed by atoms with Gasteiger partial charge >= 0.3 is 0 Å². The van der Waals surface area contributed by atoms with E-state index in [0.29, 0.717) is 0 Å². The average Bonchev–Trinajstić information content (AvgIpc) is 2.83. The first-order valence-corrected chi connectivity index (χ1v) is 5.80. The number of hydrogen-bond donors (Lipinski definition) is 2. The van der Waals surface area contributed by atoms with Crippen molar-refractivity contribution in [3.63, 3.8) is 0 Å². The largest absolute Gasteiger partial charge is 0.496 e. The molecule has 0 radical (unpaired) electrons. The van der Waals surface area contributed by atoms with Crippen LogP contribution in [0.1, 0.15) is 17.3 Å². The summed E-state index contributed by atoms with van der Waals surface area (Å²) in [5.74, 6) is 6.48. The molecule has 96 valence electrons. The van der Waals surface area contributed by atoms with Gasteiger partial charge in [-0.25, -0.2) is 4.98 Å². The summed E-state index contributed by atoms with van der Waals surface area (Å²) in [6.45, 7) is 0. The van der Waals surface area contributed by atoms with E-state index in [0.717, 1.165) is 23.4 Å². The number of hydrazine groups is 1. The highest BCUT2D eigenvalue weighted by Crippen LogP contribution is 2.23. The fraction of sp³-hybridized carbons (Fsp3) is 0.308. The summed E-state index contributed by atoms with van der Waals surface area (Å²) in [5, 5.41) is 0. The van der Waals surface area contributed by atoms with Gasteiger partial charge in [0.05, 0.1) is 25.2 Å². The topological polar surface area (TPSA) is 65.1 Å². The van der Waals surface area contributed by atoms with Crippen molar-refractivity contribution in [2.24, 2.45) is 12.9 Å². The van der Waals surface area contributed by atoms with Crippen molar-refractivity contribution in [2.75, 3.05) is 7.11 Å². The standard InChI is InChI=1S/C13H18N4O/c1-17-8-12(15-9-17)11(16-14)7-10-5-3-4-6-13(10)18-2/h3-6,8-9,11,16H,7,14H2,1-2H3. The molecule has 1 heterocycles. The molecule has 1 atom stereocenters. The lowest BCUT2D eigenvalue weighted by molar-refractivity contribution is 0.405. The van der Waals surface area contributed by atoms with Gasteiger partial charge in [0, 0.05) is 13.2 Å². The van der Waals surface area contributed by atoms with Crippen LogP contribution in [-0.2, 0) is 13.5 Å². The third kappa shape index (κ3) is 2.69. The summed E-state index contributed by atoms with van der Waals surface area (Å²) in [6.07, 6.45) is 4.46. The number of methoxy groups -OCH3 is 1. The van der Waals surface area contributed by atoms with Crippen LogP contribution < -0.4 is 16.0 Å². The molecule has 2 rings (SSSR count). The SMILES string of the molecule is COc1ccccc1CC(NN)c1cn(C)cn1. The van der Waals surface area contributed by atoms with E-state index in [1.807, 2.05) is 42.1 Å². The van der Waals surface area contributed by atoms with Crippen LogP contribution in [0, 0.1) is 0 Å². The minimum atomic E-state index is -0.0255. The maximum absolute atomic E-state index is 5.61. The van der Waals surface area contributed by atoms with E-state index < -0.39 is 0 Å². The molecule has 0 saturated carbocycles. The van der Waals surface area contributed by atoms with Crippen LogP contribution >= 0.6 is 0 Å². The molecule has 5 nitrogen and oxygen atoms in total. The Morgan fingerprint density at radius 2 is 2.22 bits per heavy atom. The van der Waals surface area contributed by atoms with Gasteiger partial charge in [0.1, 0.15) is 5.75 Å². The molecule has 1 unspecified atom stereocenters. The predicted octanol–water partition coefficient (Wildman–Crippen LogP) is 1.18. The molecule has 18 heavy (non-hydrogen) atoms. The van der Waals surface area contributed by atoms with Gasteiger partial charge in [-0.15, -0.1) is 0 Å². The zero-order valence-electron chi connectivity index (χ0n) is 10.6. The molecule has 2 aromatic rings. The van der Waals surface area contributed by atoms with Gasteiger partial charge in [-0.1, -0.05) is 18.2 Å². The average molecular weight is 246 g/mol. The summed E-state index contributed by atoms with van der Waals surface area (Å²) in [4.78, 5) is 4.32. The van der Waals surface area contributed by atoms with E-state index in [-0.39, 0.29) is 6.04 Å². The second-order valence-electron chi connectivity index (χ2n) is 4.20. The molecule has 0 aliphatic carbocycles. The Morgan fingerprint density at radius 3 is 2.83 bits per heavy atom. The van der Waals surface area contributed by atoms with E-state index in [1.54, 1.807) is 13.4 Å². The first-order chi connectivity index (χ1) is 8.74. The molecule has 1 aromatic heterocycles. The number of imidazole rings is 1. The zero-order chi connectivity index (χ0) is 13.0. The lowest BCUT2D eigenvalue weighted by Crippen LogP contribution is -2.30. The van der Waals surface area contributed by atoms with Crippen molar-refractivity contribution < 1.29 is 4.74 Å². The molecule has 3 N–H and O–H groups in total. The van der Waals surface area contributed by atoms with Crippen LogP contribution in [-0.4, -0.2) is 16.7 Å². The summed E-state index contributed by atoms with van der Waals surface area (Å²) >= 11 is 0. The number of nitrogens with zero attached hydrogens (tertiary/aromatic N) is 2. The number of rotatable bonds is 5. The summed E-state index contributed by atoms with van der Waals surface area (Å²) < 4.78 is 7.24. The van der Waals surface area contributed by atoms with Crippen LogP contribution in [0.5, 0.6) is 5.75 Å². The monoisotopic (exact) mass is 246 g/mol. The first-order valence-electron chi connectivity index (χ1n) is 5.80. The van der Waals surface area contributed by atoms with Crippen molar-refractivity contribution in [1.29, 1.82) is 0 Å². The van der Waals surface area contributed by atoms with Gasteiger partial charge in [0.2, 0.25) is 0 Å². The summed E-state index contributed by atoms with van der Waals surface area (Å²) in [6, 6.07) is 7.90. The van der Waals surface area contributed by atoms with E-state index in [1.165, 1.54) is 0 Å². The minimum Gasteiger partial charge on any atom is -0.496 e. The van der Waals surface area contributed by atoms with Gasteiger partial charge in [-0.3, -0.25) is 11.3 Å². The van der Waals surface area contributed by atoms with E-state index in [4.69, 9.17) is 10.6 Å². The quantitative estimate of drug-likeness (QED) is 0.614. The number of nitrogens with two attached hydrogens (primary N) is 1. The van der Waals surface area contributed by atoms with Crippen molar-refractivity contribution in [1.82, 2.24) is 15.0 Å². The Labute approximate surface area is 107 Å². The highest BCUT2D eigenvalue weighted by atomic mass is 16.5. The maximum Gasteiger partial charge on any atom is 0.122 e. The molecule has 5 heteroatoms. The Hall–Kier alpha value is -1.85. The number of ether oxygens (including phenoxy) is 1. The highest BCUT2D eigenvalue weighted by Gasteiger charge is 2.15. The number of aromatic nitrogens is 2. The predicted molar refractivity (Wildman–Crippen MR) is 70.0 cm³/mol. The molecule has 0 amide bonds. The van der Waals surface area contributed by atoms with Gasteiger partial charge in [-0.2, -0.15) is 0 Å². The molecule has 1 aromatic carbocycles. The molecule has 0 spiro atoms. The van der Waals surface area contributed by atoms with Gasteiger partial charge in [0.15, 0.2) is 0 Å². The van der Waals surface area contributed by atoms with Crippen molar-refractivity contribution in [3.8, 4) is 5.75 Å². The fourth-order valence-electron chi connectivity index (χ4n) is 1.95. The lowest BCUT2D eigenvalue weighted by atomic mass is 10.0. The van der Waals surface area contributed by atoms with Crippen LogP contribution in [0.25, 0.3) is 0 Å². The second-order valence-corrected chi connectivity index (χ2v) is 4.20. The van der Waals surface area contributed by atoms with E-state index in [2.05, 4.69) is 10.4 Å². The number of benzene rings is 1. The zero-order valence-corrected chi connectivity index (χ0v) is 10.6. The molecule has 0 aliphatic heterocycles. The van der Waals surface area contributed by atoms with Crippen molar-refractivity contribution in [3.05, 3.63) is 48.0 Å². The van der Waals surface area contributed by atoms with Crippen molar-refractivity contribution >= 4 is 0 Å². The Bertz CT molecular complexity index is 509. The van der Waals surface area contributed by atoms with E-state index >= 15 is 0 Å². The maximum atomic E-state index is 5.61. The minimum absolute atomic E-state index is 0.0255. The van der Waals surface area contributed by atoms with Crippen LogP contribution in [0.3, 0.4) is 0 Å². The summed E-state index contributed by atoms with van der Waals surface area (Å²) in [7, 11) is 3.61. The smallest absolute Gasteiger partial charge is 0.122 e. The highest BCUT2D eigenvalue weighted by molar-refractivity contribution is 5.34. The molecular weight excluding hydrogens is 228 g/mol. The van der Waals surface area contributed by atoms with Crippen LogP contribution in [0.2, 0.25) is 0 Å². The van der Waals surface area contributed by atoms with Gasteiger partial charge < -0.3 is 9.30 Å². The Balaban J connectivity index is 2.20. The molecular formula is C13H18N4O. The fourth-order valence-corrected chi connectivity index (χ4v) is 1.95. The number of hydrogen-bond acceptors (Lipinski definition) is 4. The molecule has 0 aliphatic rings. The van der Waals surface area contributed by atoms with Gasteiger partial charge in [-0.05, 0) is 18.1 Å². The van der Waals surface area contributed by atoms with Crippen molar-refractivity contribution in [2.45, 2.75) is 12.5 Å². The Kier molecular flexibility index (Phi) is 3.96. The third-order valence-electron chi connectivity index (χ3n) is 2.90. The first kappa shape index (κ1) is 12.6. The number of nitrogens with one attached hydrogen (secondary N) is 1. The molecule has 0 bridgehead atoms. The normalized spacial score (nSPS) is 12.4. The van der Waals surface area contributed by atoms with Crippen LogP contribution in [0.4, 0.5) is 0 Å². The number of para-hydroxylation sites is 1.